The molecule has 1 unspecified atom stereocenters. The van der Waals surface area contributed by atoms with E-state index < -0.39 is 0 Å². The summed E-state index contributed by atoms with van der Waals surface area (Å²) >= 11 is 0. The number of rotatable bonds is 6. The minimum Gasteiger partial charge on any atom is -0.306 e. The minimum atomic E-state index is -0.134. The van der Waals surface area contributed by atoms with Crippen molar-refractivity contribution >= 4 is 0 Å². The van der Waals surface area contributed by atoms with Gasteiger partial charge in [0.25, 0.3) is 0 Å². The van der Waals surface area contributed by atoms with Gasteiger partial charge in [-0.25, -0.2) is 4.39 Å². The van der Waals surface area contributed by atoms with Crippen LogP contribution in [0.15, 0.2) is 42.5 Å². The van der Waals surface area contributed by atoms with Crippen molar-refractivity contribution < 1.29 is 4.39 Å². The first kappa shape index (κ1) is 15.7. The third-order valence-corrected chi connectivity index (χ3v) is 3.87. The first-order valence-corrected chi connectivity index (χ1v) is 7.74. The van der Waals surface area contributed by atoms with Gasteiger partial charge < -0.3 is 5.32 Å². The predicted octanol–water partition coefficient (Wildman–Crippen LogP) is 4.79. The summed E-state index contributed by atoms with van der Waals surface area (Å²) in [6, 6.07) is 14.0. The predicted molar refractivity (Wildman–Crippen MR) is 87.1 cm³/mol. The van der Waals surface area contributed by atoms with Crippen molar-refractivity contribution in [1.82, 2.24) is 5.32 Å². The Labute approximate surface area is 127 Å². The largest absolute Gasteiger partial charge is 0.306 e. The Balaban J connectivity index is 2.44. The van der Waals surface area contributed by atoms with Crippen molar-refractivity contribution in [2.24, 2.45) is 0 Å². The first-order valence-electron chi connectivity index (χ1n) is 7.74. The highest BCUT2D eigenvalue weighted by Gasteiger charge is 2.17. The van der Waals surface area contributed by atoms with Gasteiger partial charge in [0.1, 0.15) is 5.82 Å². The van der Waals surface area contributed by atoms with Crippen LogP contribution in [-0.2, 0) is 6.42 Å². The maximum Gasteiger partial charge on any atom is 0.126 e. The smallest absolute Gasteiger partial charge is 0.126 e. The molecule has 1 N–H and O–H groups in total. The molecule has 1 nitrogen and oxygen atoms in total. The van der Waals surface area contributed by atoms with Crippen LogP contribution in [0.1, 0.15) is 48.6 Å². The number of nitrogens with one attached hydrogen (secondary N) is 1. The molecule has 21 heavy (non-hydrogen) atoms. The van der Waals surface area contributed by atoms with Gasteiger partial charge in [0, 0.05) is 0 Å². The highest BCUT2D eigenvalue weighted by molar-refractivity contribution is 5.38. The fourth-order valence-corrected chi connectivity index (χ4v) is 2.62. The van der Waals surface area contributed by atoms with Crippen LogP contribution in [0.4, 0.5) is 4.39 Å². The van der Waals surface area contributed by atoms with E-state index in [-0.39, 0.29) is 11.9 Å². The van der Waals surface area contributed by atoms with Crippen molar-refractivity contribution in [2.45, 2.75) is 39.7 Å². The molecule has 0 amide bonds. The number of hydrogen-bond acceptors (Lipinski definition) is 1. The molecule has 0 saturated heterocycles. The van der Waals surface area contributed by atoms with Gasteiger partial charge in [0.05, 0.1) is 6.04 Å². The number of benzene rings is 2. The molecule has 0 aliphatic rings. The van der Waals surface area contributed by atoms with Crippen LogP contribution in [0.25, 0.3) is 0 Å². The Kier molecular flexibility index (Phi) is 5.51. The molecule has 0 spiro atoms. The molecular formula is C19H24FN. The average molecular weight is 285 g/mol. The fourth-order valence-electron chi connectivity index (χ4n) is 2.62. The second-order valence-electron chi connectivity index (χ2n) is 5.45. The van der Waals surface area contributed by atoms with Crippen molar-refractivity contribution in [3.05, 3.63) is 70.5 Å². The number of aryl methyl sites for hydroxylation is 2. The lowest BCUT2D eigenvalue weighted by atomic mass is 9.92. The van der Waals surface area contributed by atoms with E-state index in [1.54, 1.807) is 13.0 Å². The van der Waals surface area contributed by atoms with Gasteiger partial charge in [0.15, 0.2) is 0 Å². The topological polar surface area (TPSA) is 12.0 Å². The average Bonchev–Trinajstić information content (AvgIpc) is 2.51. The molecular weight excluding hydrogens is 261 g/mol. The van der Waals surface area contributed by atoms with E-state index in [2.05, 4.69) is 43.4 Å². The van der Waals surface area contributed by atoms with Gasteiger partial charge in [-0.1, -0.05) is 50.2 Å². The Morgan fingerprint density at radius 1 is 1.10 bits per heavy atom. The normalized spacial score (nSPS) is 12.4. The Morgan fingerprint density at radius 2 is 1.86 bits per heavy atom. The van der Waals surface area contributed by atoms with Gasteiger partial charge in [-0.05, 0) is 54.6 Å². The Morgan fingerprint density at radius 3 is 2.52 bits per heavy atom. The molecule has 0 aromatic heterocycles. The van der Waals surface area contributed by atoms with Gasteiger partial charge in [-0.3, -0.25) is 0 Å². The Hall–Kier alpha value is -1.67. The van der Waals surface area contributed by atoms with Gasteiger partial charge >= 0.3 is 0 Å². The zero-order chi connectivity index (χ0) is 15.2. The third kappa shape index (κ3) is 3.70. The molecule has 2 aromatic rings. The van der Waals surface area contributed by atoms with E-state index in [1.807, 2.05) is 12.1 Å². The van der Waals surface area contributed by atoms with Crippen LogP contribution in [-0.4, -0.2) is 6.54 Å². The van der Waals surface area contributed by atoms with Crippen molar-refractivity contribution in [3.63, 3.8) is 0 Å². The molecule has 0 bridgehead atoms. The lowest BCUT2D eigenvalue weighted by Gasteiger charge is -2.22. The van der Waals surface area contributed by atoms with E-state index in [0.717, 1.165) is 24.9 Å². The number of hydrogen-bond donors (Lipinski definition) is 1. The number of halogens is 1. The molecule has 0 saturated carbocycles. The van der Waals surface area contributed by atoms with Gasteiger partial charge in [-0.2, -0.15) is 0 Å². The molecule has 0 radical (unpaired) electrons. The maximum atomic E-state index is 13.9. The molecule has 0 heterocycles. The summed E-state index contributed by atoms with van der Waals surface area (Å²) in [4.78, 5) is 0. The van der Waals surface area contributed by atoms with Gasteiger partial charge in [-0.15, -0.1) is 0 Å². The van der Waals surface area contributed by atoms with Crippen molar-refractivity contribution in [3.8, 4) is 0 Å². The molecule has 0 fully saturated rings. The summed E-state index contributed by atoms with van der Waals surface area (Å²) in [5, 5.41) is 3.56. The zero-order valence-electron chi connectivity index (χ0n) is 13.1. The first-order chi connectivity index (χ1) is 10.2. The zero-order valence-corrected chi connectivity index (χ0v) is 13.1. The molecule has 1 atom stereocenters. The molecule has 0 aliphatic carbocycles. The second-order valence-corrected chi connectivity index (χ2v) is 5.45. The highest BCUT2D eigenvalue weighted by Crippen LogP contribution is 2.27. The second kappa shape index (κ2) is 7.37. The highest BCUT2D eigenvalue weighted by atomic mass is 19.1. The summed E-state index contributed by atoms with van der Waals surface area (Å²) in [6.45, 7) is 7.02. The van der Waals surface area contributed by atoms with Crippen molar-refractivity contribution in [1.29, 1.82) is 0 Å². The maximum absolute atomic E-state index is 13.9. The van der Waals surface area contributed by atoms with E-state index in [0.29, 0.717) is 5.56 Å². The third-order valence-electron chi connectivity index (χ3n) is 3.87. The summed E-state index contributed by atoms with van der Waals surface area (Å²) in [6.07, 6.45) is 2.04. The van der Waals surface area contributed by atoms with Crippen LogP contribution >= 0.6 is 0 Å². The van der Waals surface area contributed by atoms with Crippen LogP contribution in [0.2, 0.25) is 0 Å². The van der Waals surface area contributed by atoms with E-state index in [9.17, 15) is 4.39 Å². The van der Waals surface area contributed by atoms with E-state index in [4.69, 9.17) is 0 Å². The Bertz CT molecular complexity index is 592. The summed E-state index contributed by atoms with van der Waals surface area (Å²) < 4.78 is 13.9. The lowest BCUT2D eigenvalue weighted by molar-refractivity contribution is 0.580. The lowest BCUT2D eigenvalue weighted by Crippen LogP contribution is -2.24. The monoisotopic (exact) mass is 285 g/mol. The standard InChI is InChI=1S/C19H24FN/c1-4-12-21-19(16-11-10-14(3)18(20)13-16)17-9-7-6-8-15(17)5-2/h6-11,13,19,21H,4-5,12H2,1-3H3. The molecule has 2 rings (SSSR count). The SMILES string of the molecule is CCCNC(c1ccc(C)c(F)c1)c1ccccc1CC. The van der Waals surface area contributed by atoms with Crippen molar-refractivity contribution in [2.75, 3.05) is 6.54 Å². The summed E-state index contributed by atoms with van der Waals surface area (Å²) in [5.41, 5.74) is 4.24. The molecule has 0 aliphatic heterocycles. The summed E-state index contributed by atoms with van der Waals surface area (Å²) in [7, 11) is 0. The van der Waals surface area contributed by atoms with Crippen LogP contribution in [0, 0.1) is 12.7 Å². The van der Waals surface area contributed by atoms with Crippen LogP contribution < -0.4 is 5.32 Å². The summed E-state index contributed by atoms with van der Waals surface area (Å²) in [5.74, 6) is -0.134. The molecule has 2 aromatic carbocycles. The fraction of sp³-hybridized carbons (Fsp3) is 0.368. The molecule has 2 heteroatoms. The molecule has 112 valence electrons. The van der Waals surface area contributed by atoms with Crippen LogP contribution in [0.3, 0.4) is 0 Å². The van der Waals surface area contributed by atoms with Crippen LogP contribution in [0.5, 0.6) is 0 Å². The quantitative estimate of drug-likeness (QED) is 0.805. The minimum absolute atomic E-state index is 0.0520. The van der Waals surface area contributed by atoms with E-state index in [1.165, 1.54) is 11.1 Å². The van der Waals surface area contributed by atoms with E-state index >= 15 is 0 Å². The van der Waals surface area contributed by atoms with Gasteiger partial charge in [0.2, 0.25) is 0 Å².